The molecule has 4 N–H and O–H groups in total. The number of hydrogen-bond donors (Lipinski definition) is 3. The van der Waals surface area contributed by atoms with E-state index in [2.05, 4.69) is 0 Å². The van der Waals surface area contributed by atoms with Gasteiger partial charge in [0.1, 0.15) is 5.92 Å². The molecule has 0 spiro atoms. The Labute approximate surface area is 103 Å². The average molecular weight is 260 g/mol. The van der Waals surface area contributed by atoms with Crippen molar-refractivity contribution in [2.75, 3.05) is 20.3 Å². The molecule has 1 rings (SSSR count). The molecule has 0 aromatic rings. The normalized spacial score (nSPS) is 24.6. The highest BCUT2D eigenvalue weighted by molar-refractivity contribution is 5.86. The second kappa shape index (κ2) is 5.78. The zero-order valence-electron chi connectivity index (χ0n) is 9.91. The van der Waals surface area contributed by atoms with E-state index in [0.29, 0.717) is 0 Å². The quantitative estimate of drug-likeness (QED) is 0.539. The van der Waals surface area contributed by atoms with Gasteiger partial charge in [0, 0.05) is 7.05 Å². The van der Waals surface area contributed by atoms with Gasteiger partial charge in [0.15, 0.2) is 0 Å². The number of nitrogens with two attached hydrogens (primary N) is 1. The molecule has 8 nitrogen and oxygen atoms in total. The molecule has 1 amide bonds. The van der Waals surface area contributed by atoms with Crippen LogP contribution in [0.1, 0.15) is 6.42 Å². The van der Waals surface area contributed by atoms with Crippen molar-refractivity contribution in [3.05, 3.63) is 0 Å². The number of carboxylic acids is 2. The number of aliphatic carboxylic acids is 2. The van der Waals surface area contributed by atoms with Gasteiger partial charge in [0.2, 0.25) is 5.91 Å². The minimum atomic E-state index is -1.18. The molecule has 0 saturated carbocycles. The summed E-state index contributed by atoms with van der Waals surface area (Å²) in [5, 5.41) is 17.5. The summed E-state index contributed by atoms with van der Waals surface area (Å²) in [7, 11) is 1.40. The molecule has 0 aromatic carbocycles. The lowest BCUT2D eigenvalue weighted by molar-refractivity contribution is -0.146. The molecular weight excluding hydrogens is 244 g/mol. The van der Waals surface area contributed by atoms with Gasteiger partial charge in [-0.25, -0.2) is 0 Å². The molecule has 1 aliphatic heterocycles. The maximum absolute atomic E-state index is 11.8. The van der Waals surface area contributed by atoms with Crippen molar-refractivity contribution in [1.29, 1.82) is 0 Å². The molecule has 8 heteroatoms. The Hall–Kier alpha value is -1.67. The summed E-state index contributed by atoms with van der Waals surface area (Å²) >= 11 is 0. The van der Waals surface area contributed by atoms with Crippen molar-refractivity contribution in [1.82, 2.24) is 4.90 Å². The van der Waals surface area contributed by atoms with Gasteiger partial charge < -0.3 is 25.6 Å². The molecule has 0 bridgehead atoms. The van der Waals surface area contributed by atoms with E-state index in [0.717, 1.165) is 0 Å². The first-order valence-electron chi connectivity index (χ1n) is 5.39. The van der Waals surface area contributed by atoms with Gasteiger partial charge in [-0.15, -0.1) is 0 Å². The minimum Gasteiger partial charge on any atom is -0.481 e. The Morgan fingerprint density at radius 2 is 2.00 bits per heavy atom. The van der Waals surface area contributed by atoms with E-state index in [-0.39, 0.29) is 13.2 Å². The maximum Gasteiger partial charge on any atom is 0.311 e. The first-order chi connectivity index (χ1) is 8.34. The van der Waals surface area contributed by atoms with E-state index >= 15 is 0 Å². The Bertz CT molecular complexity index is 358. The molecule has 1 heterocycles. The SMILES string of the molecule is CN(C(=O)C(N)CC(=O)O)C1COCC1C(=O)O. The van der Waals surface area contributed by atoms with Crippen LogP contribution in [0.15, 0.2) is 0 Å². The zero-order chi connectivity index (χ0) is 13.9. The van der Waals surface area contributed by atoms with E-state index in [1.165, 1.54) is 11.9 Å². The fourth-order valence-corrected chi connectivity index (χ4v) is 1.86. The summed E-state index contributed by atoms with van der Waals surface area (Å²) in [4.78, 5) is 34.4. The van der Waals surface area contributed by atoms with Crippen LogP contribution in [0, 0.1) is 5.92 Å². The van der Waals surface area contributed by atoms with Crippen molar-refractivity contribution in [3.8, 4) is 0 Å². The third-order valence-corrected chi connectivity index (χ3v) is 2.92. The van der Waals surface area contributed by atoms with E-state index in [4.69, 9.17) is 20.7 Å². The summed E-state index contributed by atoms with van der Waals surface area (Å²) < 4.78 is 5.03. The van der Waals surface area contributed by atoms with Gasteiger partial charge in [-0.05, 0) is 0 Å². The highest BCUT2D eigenvalue weighted by Crippen LogP contribution is 2.19. The van der Waals surface area contributed by atoms with E-state index < -0.39 is 42.3 Å². The lowest BCUT2D eigenvalue weighted by Gasteiger charge is -2.28. The summed E-state index contributed by atoms with van der Waals surface area (Å²) in [6.07, 6.45) is -0.492. The predicted molar refractivity (Wildman–Crippen MR) is 58.7 cm³/mol. The topological polar surface area (TPSA) is 130 Å². The van der Waals surface area contributed by atoms with Crippen LogP contribution in [0.3, 0.4) is 0 Å². The number of hydrogen-bond acceptors (Lipinski definition) is 5. The first-order valence-corrected chi connectivity index (χ1v) is 5.39. The Kier molecular flexibility index (Phi) is 4.62. The van der Waals surface area contributed by atoms with Gasteiger partial charge in [-0.3, -0.25) is 14.4 Å². The van der Waals surface area contributed by atoms with Gasteiger partial charge in [0.25, 0.3) is 0 Å². The number of carboxylic acid groups (broad SMARTS) is 2. The fourth-order valence-electron chi connectivity index (χ4n) is 1.86. The van der Waals surface area contributed by atoms with Crippen LogP contribution in [-0.4, -0.2) is 65.3 Å². The van der Waals surface area contributed by atoms with Crippen molar-refractivity contribution >= 4 is 17.8 Å². The summed E-state index contributed by atoms with van der Waals surface area (Å²) in [5.74, 6) is -3.64. The van der Waals surface area contributed by atoms with Crippen LogP contribution < -0.4 is 5.73 Å². The summed E-state index contributed by atoms with van der Waals surface area (Å²) in [6, 6.07) is -1.79. The molecule has 0 radical (unpaired) electrons. The molecule has 0 aliphatic carbocycles. The molecule has 1 aliphatic rings. The minimum absolute atomic E-state index is 0.0335. The Morgan fingerprint density at radius 1 is 1.39 bits per heavy atom. The van der Waals surface area contributed by atoms with Gasteiger partial charge >= 0.3 is 11.9 Å². The zero-order valence-corrected chi connectivity index (χ0v) is 9.91. The van der Waals surface area contributed by atoms with E-state index in [9.17, 15) is 14.4 Å². The third kappa shape index (κ3) is 3.17. The molecule has 3 unspecified atom stereocenters. The highest BCUT2D eigenvalue weighted by Gasteiger charge is 2.39. The van der Waals surface area contributed by atoms with Crippen molar-refractivity contribution in [2.24, 2.45) is 11.7 Å². The summed E-state index contributed by atoms with van der Waals surface area (Å²) in [5.41, 5.74) is 5.45. The second-order valence-electron chi connectivity index (χ2n) is 4.20. The van der Waals surface area contributed by atoms with Crippen molar-refractivity contribution in [3.63, 3.8) is 0 Å². The lowest BCUT2D eigenvalue weighted by Crippen LogP contribution is -2.50. The van der Waals surface area contributed by atoms with Crippen LogP contribution in [0.5, 0.6) is 0 Å². The van der Waals surface area contributed by atoms with Crippen molar-refractivity contribution in [2.45, 2.75) is 18.5 Å². The first kappa shape index (κ1) is 14.4. The standard InChI is InChI=1S/C10H16N2O6/c1-12(9(15)6(11)2-8(13)14)7-4-18-3-5(7)10(16)17/h5-7H,2-4,11H2,1H3,(H,13,14)(H,16,17). The number of rotatable bonds is 5. The van der Waals surface area contributed by atoms with Gasteiger partial charge in [0.05, 0.1) is 31.7 Å². The number of nitrogens with zero attached hydrogens (tertiary/aromatic N) is 1. The highest BCUT2D eigenvalue weighted by atomic mass is 16.5. The number of likely N-dealkylation sites (N-methyl/N-ethyl adjacent to an activating group) is 1. The number of carbonyl (C=O) groups excluding carboxylic acids is 1. The molecule has 1 saturated heterocycles. The molecular formula is C10H16N2O6. The second-order valence-corrected chi connectivity index (χ2v) is 4.20. The van der Waals surface area contributed by atoms with Crippen LogP contribution in [-0.2, 0) is 19.1 Å². The molecule has 0 aromatic heterocycles. The molecule has 18 heavy (non-hydrogen) atoms. The van der Waals surface area contributed by atoms with Crippen LogP contribution in [0.25, 0.3) is 0 Å². The van der Waals surface area contributed by atoms with Crippen LogP contribution in [0.2, 0.25) is 0 Å². The van der Waals surface area contributed by atoms with Crippen LogP contribution >= 0.6 is 0 Å². The van der Waals surface area contributed by atoms with E-state index in [1.807, 2.05) is 0 Å². The van der Waals surface area contributed by atoms with Crippen molar-refractivity contribution < 1.29 is 29.3 Å². The fraction of sp³-hybridized carbons (Fsp3) is 0.700. The van der Waals surface area contributed by atoms with Gasteiger partial charge in [-0.2, -0.15) is 0 Å². The number of ether oxygens (including phenoxy) is 1. The summed E-state index contributed by atoms with van der Waals surface area (Å²) in [6.45, 7) is 0.144. The smallest absolute Gasteiger partial charge is 0.311 e. The third-order valence-electron chi connectivity index (χ3n) is 2.92. The Balaban J connectivity index is 2.68. The van der Waals surface area contributed by atoms with E-state index in [1.54, 1.807) is 0 Å². The van der Waals surface area contributed by atoms with Crippen LogP contribution in [0.4, 0.5) is 0 Å². The largest absolute Gasteiger partial charge is 0.481 e. The number of carbonyl (C=O) groups is 3. The predicted octanol–water partition coefficient (Wildman–Crippen LogP) is -1.65. The maximum atomic E-state index is 11.8. The number of amides is 1. The lowest BCUT2D eigenvalue weighted by atomic mass is 10.0. The Morgan fingerprint density at radius 3 is 2.50 bits per heavy atom. The monoisotopic (exact) mass is 260 g/mol. The average Bonchev–Trinajstić information content (AvgIpc) is 2.74. The molecule has 3 atom stereocenters. The van der Waals surface area contributed by atoms with Gasteiger partial charge in [-0.1, -0.05) is 0 Å². The molecule has 1 fully saturated rings. The molecule has 102 valence electrons.